The number of anilines is 1. The van der Waals surface area contributed by atoms with Crippen LogP contribution in [0.2, 0.25) is 0 Å². The first-order valence-corrected chi connectivity index (χ1v) is 4.82. The van der Waals surface area contributed by atoms with Crippen LogP contribution in [0.3, 0.4) is 0 Å². The minimum Gasteiger partial charge on any atom is -0.480 e. The lowest BCUT2D eigenvalue weighted by Crippen LogP contribution is -2.46. The molecule has 0 spiro atoms. The van der Waals surface area contributed by atoms with Gasteiger partial charge < -0.3 is 10.4 Å². The Morgan fingerprint density at radius 3 is 2.35 bits per heavy atom. The monoisotopic (exact) mass is 242 g/mol. The van der Waals surface area contributed by atoms with Crippen LogP contribution in [-0.2, 0) is 18.9 Å². The summed E-state index contributed by atoms with van der Waals surface area (Å²) < 4.78 is 1.81. The minimum atomic E-state index is -1.35. The summed E-state index contributed by atoms with van der Waals surface area (Å²) in [5, 5.41) is 15.1. The number of aliphatic carboxylic acids is 1. The molecule has 1 aromatic heterocycles. The number of hydrogen-bond acceptors (Lipinski definition) is 5. The molecule has 0 bridgehead atoms. The minimum absolute atomic E-state index is 0.179. The van der Waals surface area contributed by atoms with Crippen LogP contribution in [0.1, 0.15) is 13.8 Å². The Kier molecular flexibility index (Phi) is 3.08. The van der Waals surface area contributed by atoms with Crippen molar-refractivity contribution in [3.05, 3.63) is 20.8 Å². The van der Waals surface area contributed by atoms with Gasteiger partial charge in [-0.2, -0.15) is 0 Å². The Hall–Kier alpha value is -2.12. The number of nitrogens with one attached hydrogen (secondary N) is 1. The molecule has 8 nitrogen and oxygen atoms in total. The van der Waals surface area contributed by atoms with Gasteiger partial charge in [-0.25, -0.2) is 14.3 Å². The van der Waals surface area contributed by atoms with Gasteiger partial charge in [-0.1, -0.05) is 0 Å². The first-order chi connectivity index (χ1) is 7.66. The summed E-state index contributed by atoms with van der Waals surface area (Å²) in [5.41, 5.74) is -2.59. The molecule has 0 amide bonds. The van der Waals surface area contributed by atoms with E-state index in [0.717, 1.165) is 9.25 Å². The van der Waals surface area contributed by atoms with Crippen LogP contribution < -0.4 is 16.6 Å². The Labute approximate surface area is 96.5 Å². The van der Waals surface area contributed by atoms with E-state index < -0.39 is 22.8 Å². The molecule has 0 aliphatic carbocycles. The fourth-order valence-corrected chi connectivity index (χ4v) is 1.13. The van der Waals surface area contributed by atoms with Crippen LogP contribution in [-0.4, -0.2) is 31.0 Å². The van der Waals surface area contributed by atoms with E-state index in [1.54, 1.807) is 0 Å². The third kappa shape index (κ3) is 2.35. The fraction of sp³-hybridized carbons (Fsp3) is 0.556. The van der Waals surface area contributed by atoms with E-state index in [1.807, 2.05) is 0 Å². The van der Waals surface area contributed by atoms with Crippen molar-refractivity contribution in [2.75, 3.05) is 5.32 Å². The Bertz CT molecular complexity index is 569. The summed E-state index contributed by atoms with van der Waals surface area (Å²) in [6.45, 7) is 2.78. The molecule has 1 aromatic rings. The molecular formula is C9H14N4O4. The second-order valence-corrected chi connectivity index (χ2v) is 4.17. The van der Waals surface area contributed by atoms with Crippen LogP contribution in [0.4, 0.5) is 5.82 Å². The van der Waals surface area contributed by atoms with Gasteiger partial charge in [0.1, 0.15) is 5.54 Å². The van der Waals surface area contributed by atoms with E-state index in [2.05, 4.69) is 10.4 Å². The van der Waals surface area contributed by atoms with Gasteiger partial charge in [0.25, 0.3) is 5.56 Å². The molecule has 0 radical (unpaired) electrons. The highest BCUT2D eigenvalue weighted by molar-refractivity contribution is 5.81. The molecular weight excluding hydrogens is 228 g/mol. The molecule has 1 heterocycles. The molecule has 2 N–H and O–H groups in total. The normalized spacial score (nSPS) is 11.3. The quantitative estimate of drug-likeness (QED) is 0.686. The first kappa shape index (κ1) is 12.9. The number of carbonyl (C=O) groups is 1. The summed E-state index contributed by atoms with van der Waals surface area (Å²) in [5.74, 6) is -1.31. The predicted molar refractivity (Wildman–Crippen MR) is 60.1 cm³/mol. The number of rotatable bonds is 3. The van der Waals surface area contributed by atoms with Crippen molar-refractivity contribution in [2.24, 2.45) is 14.1 Å². The zero-order valence-corrected chi connectivity index (χ0v) is 10.0. The van der Waals surface area contributed by atoms with Crippen molar-refractivity contribution in [3.8, 4) is 0 Å². The van der Waals surface area contributed by atoms with Crippen molar-refractivity contribution in [3.63, 3.8) is 0 Å². The zero-order valence-electron chi connectivity index (χ0n) is 10.0. The lowest BCUT2D eigenvalue weighted by Gasteiger charge is -2.21. The van der Waals surface area contributed by atoms with Gasteiger partial charge in [0.2, 0.25) is 5.82 Å². The number of nitrogens with zero attached hydrogens (tertiary/aromatic N) is 3. The molecule has 0 aromatic carbocycles. The van der Waals surface area contributed by atoms with E-state index in [9.17, 15) is 14.4 Å². The summed E-state index contributed by atoms with van der Waals surface area (Å²) >= 11 is 0. The topological polar surface area (TPSA) is 106 Å². The van der Waals surface area contributed by atoms with Crippen molar-refractivity contribution >= 4 is 11.8 Å². The lowest BCUT2D eigenvalue weighted by molar-refractivity contribution is -0.141. The highest BCUT2D eigenvalue weighted by Crippen LogP contribution is 2.08. The zero-order chi connectivity index (χ0) is 13.4. The molecule has 0 saturated carbocycles. The van der Waals surface area contributed by atoms with Crippen molar-refractivity contribution in [1.29, 1.82) is 0 Å². The molecule has 0 aliphatic heterocycles. The summed E-state index contributed by atoms with van der Waals surface area (Å²) in [4.78, 5) is 33.9. The van der Waals surface area contributed by atoms with E-state index in [-0.39, 0.29) is 5.82 Å². The number of aromatic nitrogens is 3. The average molecular weight is 242 g/mol. The van der Waals surface area contributed by atoms with Gasteiger partial charge in [0.15, 0.2) is 0 Å². The number of aryl methyl sites for hydroxylation is 1. The van der Waals surface area contributed by atoms with Crippen LogP contribution in [0.15, 0.2) is 9.59 Å². The lowest BCUT2D eigenvalue weighted by atomic mass is 10.1. The molecule has 0 aliphatic rings. The van der Waals surface area contributed by atoms with E-state index in [1.165, 1.54) is 27.9 Å². The predicted octanol–water partition coefficient (Wildman–Crippen LogP) is -1.25. The number of hydrogen-bond donors (Lipinski definition) is 2. The molecule has 1 rings (SSSR count). The molecule has 17 heavy (non-hydrogen) atoms. The fourth-order valence-electron chi connectivity index (χ4n) is 1.13. The number of carboxylic acids is 1. The Morgan fingerprint density at radius 2 is 1.88 bits per heavy atom. The number of carboxylic acid groups (broad SMARTS) is 1. The van der Waals surface area contributed by atoms with Crippen LogP contribution in [0, 0.1) is 0 Å². The SMILES string of the molecule is Cn1nc(NC(C)(C)C(=O)O)c(=O)n(C)c1=O. The molecule has 8 heteroatoms. The molecule has 0 unspecified atom stereocenters. The van der Waals surface area contributed by atoms with Crippen LogP contribution >= 0.6 is 0 Å². The van der Waals surface area contributed by atoms with Gasteiger partial charge in [-0.05, 0) is 13.8 Å². The smallest absolute Gasteiger partial charge is 0.346 e. The summed E-state index contributed by atoms with van der Waals surface area (Å²) in [6.07, 6.45) is 0. The maximum Gasteiger partial charge on any atom is 0.346 e. The van der Waals surface area contributed by atoms with Crippen LogP contribution in [0.25, 0.3) is 0 Å². The highest BCUT2D eigenvalue weighted by atomic mass is 16.4. The van der Waals surface area contributed by atoms with E-state index >= 15 is 0 Å². The van der Waals surface area contributed by atoms with Gasteiger partial charge in [0, 0.05) is 14.1 Å². The maximum absolute atomic E-state index is 11.7. The van der Waals surface area contributed by atoms with E-state index in [0.29, 0.717) is 0 Å². The second-order valence-electron chi connectivity index (χ2n) is 4.17. The Balaban J connectivity index is 3.32. The maximum atomic E-state index is 11.7. The van der Waals surface area contributed by atoms with Gasteiger partial charge >= 0.3 is 11.7 Å². The van der Waals surface area contributed by atoms with E-state index in [4.69, 9.17) is 5.11 Å². The molecule has 94 valence electrons. The third-order valence-electron chi connectivity index (χ3n) is 2.29. The summed E-state index contributed by atoms with van der Waals surface area (Å²) in [7, 11) is 2.67. The standard InChI is InChI=1S/C9H14N4O4/c1-9(2,7(15)16)10-5-6(14)12(3)8(17)13(4)11-5/h1-4H3,(H,10,11)(H,15,16). The van der Waals surface area contributed by atoms with Crippen molar-refractivity contribution < 1.29 is 9.90 Å². The molecule has 0 fully saturated rings. The highest BCUT2D eigenvalue weighted by Gasteiger charge is 2.28. The molecule has 0 atom stereocenters. The van der Waals surface area contributed by atoms with Crippen molar-refractivity contribution in [2.45, 2.75) is 19.4 Å². The second kappa shape index (κ2) is 4.04. The van der Waals surface area contributed by atoms with Crippen LogP contribution in [0.5, 0.6) is 0 Å². The van der Waals surface area contributed by atoms with Gasteiger partial charge in [0.05, 0.1) is 0 Å². The van der Waals surface area contributed by atoms with Gasteiger partial charge in [-0.3, -0.25) is 9.36 Å². The van der Waals surface area contributed by atoms with Gasteiger partial charge in [-0.15, -0.1) is 5.10 Å². The Morgan fingerprint density at radius 1 is 1.35 bits per heavy atom. The summed E-state index contributed by atoms with van der Waals surface area (Å²) in [6, 6.07) is 0. The van der Waals surface area contributed by atoms with Crippen molar-refractivity contribution in [1.82, 2.24) is 14.3 Å². The third-order valence-corrected chi connectivity index (χ3v) is 2.29. The average Bonchev–Trinajstić information content (AvgIpc) is 2.22. The first-order valence-electron chi connectivity index (χ1n) is 4.82. The molecule has 0 saturated heterocycles. The largest absolute Gasteiger partial charge is 0.480 e.